The van der Waals surface area contributed by atoms with Crippen LogP contribution in [0.25, 0.3) is 0 Å². The molecule has 1 N–H and O–H groups in total. The van der Waals surface area contributed by atoms with Gasteiger partial charge >= 0.3 is 0 Å². The number of nitrogens with one attached hydrogen (secondary N) is 1. The summed E-state index contributed by atoms with van der Waals surface area (Å²) >= 11 is 0. The van der Waals surface area contributed by atoms with Gasteiger partial charge in [-0.2, -0.15) is 10.1 Å². The summed E-state index contributed by atoms with van der Waals surface area (Å²) < 4.78 is 13.8. The van der Waals surface area contributed by atoms with E-state index >= 15 is 0 Å². The minimum absolute atomic E-state index is 0.0960. The van der Waals surface area contributed by atoms with Gasteiger partial charge in [0.1, 0.15) is 19.0 Å². The molecule has 3 aromatic rings. The number of Topliss-reactive ketones (excluding diaryl/α,β-unsaturated/α-hetero) is 1. The molecule has 2 aromatic carbocycles. The largest absolute Gasteiger partial charge is 0.490 e. The van der Waals surface area contributed by atoms with Crippen molar-refractivity contribution in [3.05, 3.63) is 77.3 Å². The first-order valence-electron chi connectivity index (χ1n) is 11.3. The van der Waals surface area contributed by atoms with E-state index in [0.717, 1.165) is 28.8 Å². The van der Waals surface area contributed by atoms with Crippen LogP contribution < -0.4 is 14.8 Å². The van der Waals surface area contributed by atoms with Crippen molar-refractivity contribution in [2.24, 2.45) is 5.41 Å². The van der Waals surface area contributed by atoms with E-state index in [0.29, 0.717) is 37.1 Å². The summed E-state index contributed by atoms with van der Waals surface area (Å²) in [7, 11) is 0. The molecule has 0 unspecified atom stereocenters. The first-order valence-corrected chi connectivity index (χ1v) is 11.3. The smallest absolute Gasteiger partial charge is 0.226 e. The Bertz CT molecular complexity index is 1210. The molecule has 0 spiro atoms. The van der Waals surface area contributed by atoms with Crippen LogP contribution in [0.4, 0.5) is 5.95 Å². The highest BCUT2D eigenvalue weighted by Gasteiger charge is 2.41. The summed E-state index contributed by atoms with van der Waals surface area (Å²) in [5.74, 6) is 2.10. The summed E-state index contributed by atoms with van der Waals surface area (Å²) in [5.41, 5.74) is 3.59. The van der Waals surface area contributed by atoms with E-state index in [1.165, 1.54) is 6.33 Å². The number of benzene rings is 2. The number of aromatic nitrogens is 3. The Hall–Kier alpha value is -3.61. The lowest BCUT2D eigenvalue weighted by molar-refractivity contribution is -0.118. The third-order valence-electron chi connectivity index (χ3n) is 6.09. The van der Waals surface area contributed by atoms with Crippen molar-refractivity contribution in [2.45, 2.75) is 46.3 Å². The number of fused-ring (bicyclic) bond motifs is 1. The number of nitrogens with zero attached hydrogens (tertiary/aromatic N) is 3. The lowest BCUT2D eigenvalue weighted by atomic mass is 9.73. The maximum Gasteiger partial charge on any atom is 0.226 e. The van der Waals surface area contributed by atoms with Gasteiger partial charge in [-0.15, -0.1) is 0 Å². The number of anilines is 1. The van der Waals surface area contributed by atoms with Gasteiger partial charge in [0.15, 0.2) is 17.3 Å². The first kappa shape index (κ1) is 21.2. The van der Waals surface area contributed by atoms with Crippen LogP contribution in [-0.4, -0.2) is 27.2 Å². The molecular weight excluding hydrogens is 416 g/mol. The maximum absolute atomic E-state index is 13.3. The van der Waals surface area contributed by atoms with Crippen LogP contribution in [0.5, 0.6) is 11.5 Å². The lowest BCUT2D eigenvalue weighted by Gasteiger charge is -2.38. The Kier molecular flexibility index (Phi) is 5.40. The van der Waals surface area contributed by atoms with E-state index in [1.807, 2.05) is 55.5 Å². The Morgan fingerprint density at radius 3 is 2.70 bits per heavy atom. The molecule has 0 saturated carbocycles. The van der Waals surface area contributed by atoms with E-state index in [1.54, 1.807) is 4.68 Å². The molecule has 0 amide bonds. The number of carbonyl (C=O) groups excluding carboxylic acids is 1. The monoisotopic (exact) mass is 444 g/mol. The fourth-order valence-corrected chi connectivity index (χ4v) is 4.67. The number of hydrogen-bond donors (Lipinski definition) is 1. The van der Waals surface area contributed by atoms with Crippen molar-refractivity contribution in [1.29, 1.82) is 0 Å². The van der Waals surface area contributed by atoms with Crippen LogP contribution in [0.15, 0.2) is 66.1 Å². The Labute approximate surface area is 193 Å². The van der Waals surface area contributed by atoms with Crippen LogP contribution in [0, 0.1) is 5.41 Å². The molecule has 2 aliphatic rings. The minimum Gasteiger partial charge on any atom is -0.490 e. The Morgan fingerprint density at radius 1 is 1.09 bits per heavy atom. The minimum atomic E-state index is -0.357. The normalized spacial score (nSPS) is 18.9. The molecule has 170 valence electrons. The van der Waals surface area contributed by atoms with Gasteiger partial charge in [0.2, 0.25) is 5.95 Å². The molecule has 33 heavy (non-hydrogen) atoms. The predicted octanol–water partition coefficient (Wildman–Crippen LogP) is 4.91. The zero-order valence-electron chi connectivity index (χ0n) is 19.2. The van der Waals surface area contributed by atoms with Crippen molar-refractivity contribution in [3.8, 4) is 11.5 Å². The summed E-state index contributed by atoms with van der Waals surface area (Å²) in [6, 6.07) is 15.5. The lowest BCUT2D eigenvalue weighted by Crippen LogP contribution is -2.36. The molecule has 1 aliphatic heterocycles. The molecule has 1 aliphatic carbocycles. The van der Waals surface area contributed by atoms with Gasteiger partial charge in [0, 0.05) is 17.7 Å². The quantitative estimate of drug-likeness (QED) is 0.582. The van der Waals surface area contributed by atoms with Gasteiger partial charge in [-0.1, -0.05) is 50.2 Å². The van der Waals surface area contributed by atoms with Crippen molar-refractivity contribution < 1.29 is 14.3 Å². The third kappa shape index (κ3) is 4.11. The highest BCUT2D eigenvalue weighted by molar-refractivity contribution is 6.00. The molecular formula is C26H28N4O3. The van der Waals surface area contributed by atoms with Gasteiger partial charge < -0.3 is 14.8 Å². The van der Waals surface area contributed by atoms with Crippen molar-refractivity contribution >= 4 is 11.7 Å². The summed E-state index contributed by atoms with van der Waals surface area (Å²) in [4.78, 5) is 17.7. The number of hydrogen-bond acceptors (Lipinski definition) is 6. The van der Waals surface area contributed by atoms with E-state index in [2.05, 4.69) is 29.2 Å². The number of ketones is 1. The number of allylic oxidation sites excluding steroid dienone is 2. The summed E-state index contributed by atoms with van der Waals surface area (Å²) in [5, 5.41) is 7.78. The Balaban J connectivity index is 1.53. The second kappa shape index (κ2) is 8.39. The topological polar surface area (TPSA) is 78.3 Å². The summed E-state index contributed by atoms with van der Waals surface area (Å²) in [6.45, 7) is 7.14. The van der Waals surface area contributed by atoms with Crippen molar-refractivity contribution in [3.63, 3.8) is 0 Å². The van der Waals surface area contributed by atoms with Crippen LogP contribution in [-0.2, 0) is 11.4 Å². The molecule has 0 bridgehead atoms. The number of carbonyl (C=O) groups is 1. The molecule has 0 radical (unpaired) electrons. The maximum atomic E-state index is 13.3. The molecule has 5 rings (SSSR count). The molecule has 0 saturated heterocycles. The molecule has 2 heterocycles. The van der Waals surface area contributed by atoms with Gasteiger partial charge in [-0.05, 0) is 42.0 Å². The molecule has 1 aromatic heterocycles. The second-order valence-electron chi connectivity index (χ2n) is 9.30. The molecule has 7 nitrogen and oxygen atoms in total. The highest BCUT2D eigenvalue weighted by Crippen LogP contribution is 2.46. The molecule has 1 atom stereocenters. The summed E-state index contributed by atoms with van der Waals surface area (Å²) in [6.07, 6.45) is 2.81. The zero-order chi connectivity index (χ0) is 23.0. The first-order chi connectivity index (χ1) is 15.9. The van der Waals surface area contributed by atoms with Crippen LogP contribution >= 0.6 is 0 Å². The van der Waals surface area contributed by atoms with Crippen LogP contribution in [0.3, 0.4) is 0 Å². The highest BCUT2D eigenvalue weighted by atomic mass is 16.5. The van der Waals surface area contributed by atoms with Gasteiger partial charge in [-0.3, -0.25) is 4.79 Å². The average molecular weight is 445 g/mol. The van der Waals surface area contributed by atoms with Gasteiger partial charge in [0.05, 0.1) is 6.61 Å². The second-order valence-corrected chi connectivity index (χ2v) is 9.30. The standard InChI is InChI=1S/C26H28N4O3/c1-4-32-22-12-18(10-11-21(22)33-15-17-8-6-5-7-9-17)24-23-19(13-26(2,3)14-20(23)31)29-25-27-16-28-30(24)25/h5-12,16,24H,4,13-15H2,1-3H3,(H,27,28,29)/t24-/m0/s1. The fourth-order valence-electron chi connectivity index (χ4n) is 4.67. The number of rotatable bonds is 6. The van der Waals surface area contributed by atoms with Gasteiger partial charge in [0.25, 0.3) is 0 Å². The van der Waals surface area contributed by atoms with Gasteiger partial charge in [-0.25, -0.2) is 4.68 Å². The van der Waals surface area contributed by atoms with E-state index < -0.39 is 0 Å². The third-order valence-corrected chi connectivity index (χ3v) is 6.09. The molecule has 7 heteroatoms. The van der Waals surface area contributed by atoms with Crippen LogP contribution in [0.2, 0.25) is 0 Å². The van der Waals surface area contributed by atoms with E-state index in [9.17, 15) is 4.79 Å². The number of ether oxygens (including phenoxy) is 2. The van der Waals surface area contributed by atoms with E-state index in [-0.39, 0.29) is 17.2 Å². The predicted molar refractivity (Wildman–Crippen MR) is 125 cm³/mol. The Morgan fingerprint density at radius 2 is 1.91 bits per heavy atom. The van der Waals surface area contributed by atoms with Crippen LogP contribution in [0.1, 0.15) is 50.8 Å². The SMILES string of the molecule is CCOc1cc([C@H]2C3=C(CC(C)(C)CC3=O)Nc3ncnn32)ccc1OCc1ccccc1. The average Bonchev–Trinajstić information content (AvgIpc) is 3.25. The molecule has 0 fully saturated rings. The van der Waals surface area contributed by atoms with Crippen molar-refractivity contribution in [1.82, 2.24) is 14.8 Å². The zero-order valence-corrected chi connectivity index (χ0v) is 19.2. The fraction of sp³-hybridized carbons (Fsp3) is 0.346. The van der Waals surface area contributed by atoms with Crippen molar-refractivity contribution in [2.75, 3.05) is 11.9 Å². The van der Waals surface area contributed by atoms with E-state index in [4.69, 9.17) is 9.47 Å².